The number of hydrogen-bond acceptors (Lipinski definition) is 6. The first-order chi connectivity index (χ1) is 16.4. The van der Waals surface area contributed by atoms with Crippen LogP contribution in [0.4, 0.5) is 13.2 Å². The summed E-state index contributed by atoms with van der Waals surface area (Å²) in [6, 6.07) is 11.1. The van der Waals surface area contributed by atoms with Crippen molar-refractivity contribution in [2.45, 2.75) is 38.0 Å². The molecule has 1 amide bonds. The molecule has 0 spiro atoms. The molecule has 0 aliphatic carbocycles. The Morgan fingerprint density at radius 1 is 1.03 bits per heavy atom. The molecular weight excluding hydrogens is 487 g/mol. The first-order valence-electron chi connectivity index (χ1n) is 10.5. The van der Waals surface area contributed by atoms with Gasteiger partial charge in [-0.25, -0.2) is 0 Å². The average Bonchev–Trinajstić information content (AvgIpc) is 3.31. The predicted octanol–water partition coefficient (Wildman–Crippen LogP) is 5.26. The van der Waals surface area contributed by atoms with Gasteiger partial charge in [0.1, 0.15) is 10.7 Å². The molecule has 1 heterocycles. The fourth-order valence-corrected chi connectivity index (χ4v) is 4.25. The van der Waals surface area contributed by atoms with Crippen molar-refractivity contribution in [2.24, 2.45) is 5.92 Å². The number of rotatable bonds is 9. The Bertz CT molecular complexity index is 1270. The van der Waals surface area contributed by atoms with E-state index in [9.17, 15) is 26.4 Å². The molecule has 7 nitrogen and oxygen atoms in total. The van der Waals surface area contributed by atoms with Crippen LogP contribution in [0.15, 0.2) is 70.2 Å². The van der Waals surface area contributed by atoms with E-state index < -0.39 is 26.8 Å². The minimum absolute atomic E-state index is 0.0528. The van der Waals surface area contributed by atoms with E-state index in [1.54, 1.807) is 32.0 Å². The fraction of sp³-hybridized carbons (Fsp3) is 0.292. The van der Waals surface area contributed by atoms with Gasteiger partial charge in [0, 0.05) is 12.5 Å². The number of halogens is 3. The van der Waals surface area contributed by atoms with Gasteiger partial charge in [-0.15, -0.1) is 0 Å². The van der Waals surface area contributed by atoms with Crippen LogP contribution < -0.4 is 8.92 Å². The summed E-state index contributed by atoms with van der Waals surface area (Å²) in [4.78, 5) is 13.6. The maximum atomic E-state index is 13.0. The lowest BCUT2D eigenvalue weighted by Crippen LogP contribution is -2.33. The molecule has 11 heteroatoms. The summed E-state index contributed by atoms with van der Waals surface area (Å²) in [5, 5.41) is 0. The number of ether oxygens (including phenoxy) is 1. The molecule has 35 heavy (non-hydrogen) atoms. The van der Waals surface area contributed by atoms with E-state index in [4.69, 9.17) is 13.3 Å². The maximum absolute atomic E-state index is 13.0. The fourth-order valence-electron chi connectivity index (χ4n) is 3.27. The lowest BCUT2D eigenvalue weighted by atomic mass is 10.1. The Labute approximate surface area is 201 Å². The number of carbonyl (C=O) groups excluding carboxylic acids is 1. The summed E-state index contributed by atoms with van der Waals surface area (Å²) in [5.41, 5.74) is -0.607. The molecule has 0 N–H and O–H groups in total. The zero-order valence-corrected chi connectivity index (χ0v) is 20.0. The van der Waals surface area contributed by atoms with Crippen LogP contribution in [0.1, 0.15) is 30.7 Å². The number of methoxy groups -OCH3 is 1. The molecule has 3 aromatic rings. The van der Waals surface area contributed by atoms with E-state index in [2.05, 4.69) is 0 Å². The van der Waals surface area contributed by atoms with Gasteiger partial charge in [-0.1, -0.05) is 26.0 Å². The first-order valence-corrected chi connectivity index (χ1v) is 11.9. The Kier molecular flexibility index (Phi) is 7.79. The number of nitrogens with zero attached hydrogens (tertiary/aromatic N) is 1. The van der Waals surface area contributed by atoms with Crippen LogP contribution in [0.2, 0.25) is 0 Å². The molecule has 0 aliphatic rings. The predicted molar refractivity (Wildman–Crippen MR) is 120 cm³/mol. The molecule has 188 valence electrons. The summed E-state index contributed by atoms with van der Waals surface area (Å²) in [5.74, 6) is -0.0676. The molecule has 0 bridgehead atoms. The zero-order chi connectivity index (χ0) is 25.8. The van der Waals surface area contributed by atoms with Gasteiger partial charge >= 0.3 is 16.3 Å². The van der Waals surface area contributed by atoms with Crippen LogP contribution in [-0.4, -0.2) is 26.3 Å². The summed E-state index contributed by atoms with van der Waals surface area (Å²) in [7, 11) is -3.32. The third-order valence-corrected chi connectivity index (χ3v) is 6.21. The molecule has 0 fully saturated rings. The van der Waals surface area contributed by atoms with Gasteiger partial charge in [-0.2, -0.15) is 21.6 Å². The first kappa shape index (κ1) is 26.1. The lowest BCUT2D eigenvalue weighted by Gasteiger charge is -2.24. The summed E-state index contributed by atoms with van der Waals surface area (Å²) in [6.07, 6.45) is -3.23. The van der Waals surface area contributed by atoms with Crippen molar-refractivity contribution in [3.63, 3.8) is 0 Å². The van der Waals surface area contributed by atoms with Gasteiger partial charge < -0.3 is 18.2 Å². The van der Waals surface area contributed by atoms with Crippen molar-refractivity contribution in [2.75, 3.05) is 7.11 Å². The SMILES string of the molecule is COc1ccc(CN(Cc2ccco2)C(=O)C(C)C)cc1OS(=O)(=O)c1cccc(C(F)(F)F)c1. The minimum atomic E-state index is -4.72. The number of furan rings is 1. The average molecular weight is 512 g/mol. The highest BCUT2D eigenvalue weighted by atomic mass is 32.2. The highest BCUT2D eigenvalue weighted by Crippen LogP contribution is 2.34. The van der Waals surface area contributed by atoms with Crippen molar-refractivity contribution < 1.29 is 39.7 Å². The second-order valence-electron chi connectivity index (χ2n) is 7.98. The van der Waals surface area contributed by atoms with Gasteiger partial charge in [-0.3, -0.25) is 4.79 Å². The number of alkyl halides is 3. The summed E-state index contributed by atoms with van der Waals surface area (Å²) >= 11 is 0. The molecule has 0 unspecified atom stereocenters. The van der Waals surface area contributed by atoms with Crippen molar-refractivity contribution in [1.82, 2.24) is 4.90 Å². The molecule has 0 radical (unpaired) electrons. The minimum Gasteiger partial charge on any atom is -0.493 e. The van der Waals surface area contributed by atoms with E-state index in [0.29, 0.717) is 17.4 Å². The normalized spacial score (nSPS) is 12.0. The van der Waals surface area contributed by atoms with Gasteiger partial charge in [0.15, 0.2) is 11.5 Å². The summed E-state index contributed by atoms with van der Waals surface area (Å²) in [6.45, 7) is 3.79. The number of hydrogen-bond donors (Lipinski definition) is 0. The molecular formula is C24H24F3NO6S. The van der Waals surface area contributed by atoms with E-state index >= 15 is 0 Å². The molecule has 0 aliphatic heterocycles. The second kappa shape index (κ2) is 10.4. The van der Waals surface area contributed by atoms with E-state index in [-0.39, 0.29) is 36.4 Å². The van der Waals surface area contributed by atoms with Crippen molar-refractivity contribution >= 4 is 16.0 Å². The highest BCUT2D eigenvalue weighted by Gasteiger charge is 2.32. The Balaban J connectivity index is 1.91. The van der Waals surface area contributed by atoms with Crippen LogP contribution in [0.3, 0.4) is 0 Å². The molecule has 0 saturated heterocycles. The van der Waals surface area contributed by atoms with Crippen LogP contribution in [0.5, 0.6) is 11.5 Å². The maximum Gasteiger partial charge on any atom is 0.416 e. The van der Waals surface area contributed by atoms with Crippen LogP contribution >= 0.6 is 0 Å². The quantitative estimate of drug-likeness (QED) is 0.365. The van der Waals surface area contributed by atoms with E-state index in [1.165, 1.54) is 30.4 Å². The third kappa shape index (κ3) is 6.56. The van der Waals surface area contributed by atoms with E-state index in [1.807, 2.05) is 0 Å². The van der Waals surface area contributed by atoms with Gasteiger partial charge in [0.2, 0.25) is 5.91 Å². The number of carbonyl (C=O) groups is 1. The van der Waals surface area contributed by atoms with Crippen molar-refractivity contribution in [3.8, 4) is 11.5 Å². The molecule has 2 aromatic carbocycles. The largest absolute Gasteiger partial charge is 0.493 e. The smallest absolute Gasteiger partial charge is 0.416 e. The number of benzene rings is 2. The van der Waals surface area contributed by atoms with Crippen molar-refractivity contribution in [1.29, 1.82) is 0 Å². The van der Waals surface area contributed by atoms with Crippen molar-refractivity contribution in [3.05, 3.63) is 77.7 Å². The Morgan fingerprint density at radius 3 is 2.37 bits per heavy atom. The summed E-state index contributed by atoms with van der Waals surface area (Å²) < 4.78 is 80.3. The van der Waals surface area contributed by atoms with Crippen LogP contribution in [0, 0.1) is 5.92 Å². The van der Waals surface area contributed by atoms with Crippen LogP contribution in [0.25, 0.3) is 0 Å². The molecule has 1 aromatic heterocycles. The van der Waals surface area contributed by atoms with Gasteiger partial charge in [-0.05, 0) is 48.0 Å². The standard InChI is InChI=1S/C24H24F3NO6S/c1-16(2)23(29)28(15-19-7-5-11-33-19)14-17-9-10-21(32-3)22(12-17)34-35(30,31)20-8-4-6-18(13-20)24(25,26)27/h4-13,16H,14-15H2,1-3H3. The van der Waals surface area contributed by atoms with E-state index in [0.717, 1.165) is 18.2 Å². The molecule has 3 rings (SSSR count). The lowest BCUT2D eigenvalue weighted by molar-refractivity contribution is -0.138. The topological polar surface area (TPSA) is 86.0 Å². The highest BCUT2D eigenvalue weighted by molar-refractivity contribution is 7.87. The molecule has 0 saturated carbocycles. The van der Waals surface area contributed by atoms with Gasteiger partial charge in [0.25, 0.3) is 0 Å². The monoisotopic (exact) mass is 511 g/mol. The Hall–Kier alpha value is -3.47. The zero-order valence-electron chi connectivity index (χ0n) is 19.2. The third-order valence-electron chi connectivity index (χ3n) is 4.98. The Morgan fingerprint density at radius 2 is 1.77 bits per heavy atom. The molecule has 0 atom stereocenters. The second-order valence-corrected chi connectivity index (χ2v) is 9.52. The van der Waals surface area contributed by atoms with Gasteiger partial charge in [0.05, 0.1) is 25.5 Å². The number of amides is 1. The van der Waals surface area contributed by atoms with Crippen LogP contribution in [-0.2, 0) is 34.2 Å².